The van der Waals surface area contributed by atoms with Gasteiger partial charge in [0, 0.05) is 22.8 Å². The van der Waals surface area contributed by atoms with Crippen LogP contribution >= 0.6 is 11.6 Å². The van der Waals surface area contributed by atoms with E-state index >= 15 is 0 Å². The van der Waals surface area contributed by atoms with E-state index in [0.29, 0.717) is 22.5 Å². The van der Waals surface area contributed by atoms with Crippen molar-refractivity contribution in [3.8, 4) is 5.75 Å². The number of rotatable bonds is 6. The van der Waals surface area contributed by atoms with Crippen LogP contribution in [-0.4, -0.2) is 17.1 Å². The second-order valence-corrected chi connectivity index (χ2v) is 6.83. The molecule has 0 aliphatic rings. The fourth-order valence-corrected chi connectivity index (χ4v) is 2.94. The van der Waals surface area contributed by atoms with Crippen molar-refractivity contribution >= 4 is 29.1 Å². The van der Waals surface area contributed by atoms with E-state index in [4.69, 9.17) is 16.3 Å². The maximum absolute atomic E-state index is 6.19. The van der Waals surface area contributed by atoms with Crippen LogP contribution in [-0.2, 0) is 0 Å². The number of nitrogens with one attached hydrogen (secondary N) is 2. The van der Waals surface area contributed by atoms with E-state index in [1.165, 1.54) is 5.56 Å². The maximum Gasteiger partial charge on any atom is 0.225 e. The number of benzene rings is 2. The Morgan fingerprint density at radius 2 is 1.78 bits per heavy atom. The highest BCUT2D eigenvalue weighted by Crippen LogP contribution is 2.33. The summed E-state index contributed by atoms with van der Waals surface area (Å²) >= 11 is 6.19. The van der Waals surface area contributed by atoms with Crippen molar-refractivity contribution in [1.29, 1.82) is 0 Å². The van der Waals surface area contributed by atoms with Gasteiger partial charge in [-0.05, 0) is 38.0 Å². The van der Waals surface area contributed by atoms with Crippen LogP contribution in [0.1, 0.15) is 29.8 Å². The number of nitrogens with zero attached hydrogens (tertiary/aromatic N) is 2. The number of anilines is 3. The van der Waals surface area contributed by atoms with Gasteiger partial charge in [0.05, 0.1) is 18.8 Å². The van der Waals surface area contributed by atoms with Crippen molar-refractivity contribution in [3.05, 3.63) is 70.4 Å². The highest BCUT2D eigenvalue weighted by Gasteiger charge is 2.11. The zero-order chi connectivity index (χ0) is 19.4. The first-order valence-electron chi connectivity index (χ1n) is 8.74. The minimum atomic E-state index is 0.0909. The Kier molecular flexibility index (Phi) is 5.81. The monoisotopic (exact) mass is 382 g/mol. The lowest BCUT2D eigenvalue weighted by atomic mass is 10.1. The third-order valence-electron chi connectivity index (χ3n) is 4.24. The Bertz CT molecular complexity index is 931. The van der Waals surface area contributed by atoms with E-state index in [9.17, 15) is 0 Å². The molecule has 2 N–H and O–H groups in total. The minimum absolute atomic E-state index is 0.0909. The predicted octanol–water partition coefficient (Wildman–Crippen LogP) is 5.67. The quantitative estimate of drug-likeness (QED) is 0.575. The number of methoxy groups -OCH3 is 1. The molecule has 0 radical (unpaired) electrons. The Morgan fingerprint density at radius 3 is 2.48 bits per heavy atom. The number of halogens is 1. The smallest absolute Gasteiger partial charge is 0.225 e. The van der Waals surface area contributed by atoms with Gasteiger partial charge in [0.15, 0.2) is 0 Å². The third-order valence-corrected chi connectivity index (χ3v) is 4.65. The number of ether oxygens (including phenoxy) is 1. The van der Waals surface area contributed by atoms with Crippen LogP contribution in [0.15, 0.2) is 48.5 Å². The molecule has 2 aromatic carbocycles. The van der Waals surface area contributed by atoms with E-state index in [1.807, 2.05) is 44.2 Å². The van der Waals surface area contributed by atoms with Crippen LogP contribution in [0, 0.1) is 13.8 Å². The SMILES string of the molecule is COc1cc(Cl)c(C)cc1Nc1cc(C)nc(NC(C)c2ccccc2)n1. The molecule has 140 valence electrons. The highest BCUT2D eigenvalue weighted by molar-refractivity contribution is 6.31. The predicted molar refractivity (Wildman–Crippen MR) is 111 cm³/mol. The molecule has 0 fully saturated rings. The van der Waals surface area contributed by atoms with Gasteiger partial charge >= 0.3 is 0 Å². The summed E-state index contributed by atoms with van der Waals surface area (Å²) in [6.07, 6.45) is 0. The summed E-state index contributed by atoms with van der Waals surface area (Å²) in [6.45, 7) is 5.97. The van der Waals surface area contributed by atoms with Crippen LogP contribution in [0.4, 0.5) is 17.5 Å². The molecular formula is C21H23ClN4O. The molecule has 0 aliphatic carbocycles. The van der Waals surface area contributed by atoms with Crippen LogP contribution in [0.2, 0.25) is 5.02 Å². The standard InChI is InChI=1S/C21H23ClN4O/c1-13-10-18(19(27-4)12-17(13)22)25-20-11-14(2)23-21(26-20)24-15(3)16-8-6-5-7-9-16/h5-12,15H,1-4H3,(H2,23,24,25,26). The zero-order valence-electron chi connectivity index (χ0n) is 15.9. The summed E-state index contributed by atoms with van der Waals surface area (Å²) < 4.78 is 5.43. The Labute approximate surface area is 164 Å². The molecule has 5 nitrogen and oxygen atoms in total. The number of hydrogen-bond acceptors (Lipinski definition) is 5. The molecular weight excluding hydrogens is 360 g/mol. The average molecular weight is 383 g/mol. The second kappa shape index (κ2) is 8.27. The molecule has 3 rings (SSSR count). The number of hydrogen-bond donors (Lipinski definition) is 2. The average Bonchev–Trinajstić information content (AvgIpc) is 2.64. The second-order valence-electron chi connectivity index (χ2n) is 6.42. The third kappa shape index (κ3) is 4.68. The van der Waals surface area contributed by atoms with Gasteiger partial charge in [-0.15, -0.1) is 0 Å². The largest absolute Gasteiger partial charge is 0.495 e. The van der Waals surface area contributed by atoms with E-state index in [-0.39, 0.29) is 6.04 Å². The molecule has 1 unspecified atom stereocenters. The first-order valence-corrected chi connectivity index (χ1v) is 9.12. The summed E-state index contributed by atoms with van der Waals surface area (Å²) in [5.41, 5.74) is 3.80. The van der Waals surface area contributed by atoms with Crippen molar-refractivity contribution in [1.82, 2.24) is 9.97 Å². The van der Waals surface area contributed by atoms with Crippen molar-refractivity contribution < 1.29 is 4.74 Å². The minimum Gasteiger partial charge on any atom is -0.495 e. The summed E-state index contributed by atoms with van der Waals surface area (Å²) in [7, 11) is 1.62. The highest BCUT2D eigenvalue weighted by atomic mass is 35.5. The van der Waals surface area contributed by atoms with Gasteiger partial charge in [-0.2, -0.15) is 4.98 Å². The van der Waals surface area contributed by atoms with E-state index < -0.39 is 0 Å². The van der Waals surface area contributed by atoms with Gasteiger partial charge < -0.3 is 15.4 Å². The van der Waals surface area contributed by atoms with Gasteiger partial charge in [-0.25, -0.2) is 4.98 Å². The molecule has 0 saturated heterocycles. The normalized spacial score (nSPS) is 11.7. The number of aryl methyl sites for hydroxylation is 2. The van der Waals surface area contributed by atoms with Crippen LogP contribution in [0.3, 0.4) is 0 Å². The van der Waals surface area contributed by atoms with E-state index in [1.54, 1.807) is 13.2 Å². The van der Waals surface area contributed by atoms with Crippen LogP contribution in [0.25, 0.3) is 0 Å². The topological polar surface area (TPSA) is 59.1 Å². The van der Waals surface area contributed by atoms with Crippen molar-refractivity contribution in [2.75, 3.05) is 17.7 Å². The van der Waals surface area contributed by atoms with Gasteiger partial charge in [-0.1, -0.05) is 41.9 Å². The van der Waals surface area contributed by atoms with Gasteiger partial charge in [0.2, 0.25) is 5.95 Å². The molecule has 0 bridgehead atoms. The molecule has 1 aromatic heterocycles. The van der Waals surface area contributed by atoms with Crippen LogP contribution in [0.5, 0.6) is 5.75 Å². The molecule has 27 heavy (non-hydrogen) atoms. The lowest BCUT2D eigenvalue weighted by molar-refractivity contribution is 0.416. The van der Waals surface area contributed by atoms with E-state index in [2.05, 4.69) is 39.7 Å². The lowest BCUT2D eigenvalue weighted by Gasteiger charge is -2.16. The first-order chi connectivity index (χ1) is 13.0. The summed E-state index contributed by atoms with van der Waals surface area (Å²) in [4.78, 5) is 9.10. The Morgan fingerprint density at radius 1 is 1.04 bits per heavy atom. The molecule has 6 heteroatoms. The molecule has 0 spiro atoms. The summed E-state index contributed by atoms with van der Waals surface area (Å²) in [5, 5.41) is 7.33. The zero-order valence-corrected chi connectivity index (χ0v) is 16.6. The van der Waals surface area contributed by atoms with Crippen molar-refractivity contribution in [3.63, 3.8) is 0 Å². The molecule has 1 heterocycles. The molecule has 0 amide bonds. The summed E-state index contributed by atoms with van der Waals surface area (Å²) in [5.74, 6) is 1.91. The van der Waals surface area contributed by atoms with Gasteiger partial charge in [0.1, 0.15) is 11.6 Å². The Hall–Kier alpha value is -2.79. The van der Waals surface area contributed by atoms with Crippen molar-refractivity contribution in [2.45, 2.75) is 26.8 Å². The molecule has 0 aliphatic heterocycles. The molecule has 1 atom stereocenters. The fourth-order valence-electron chi connectivity index (χ4n) is 2.78. The van der Waals surface area contributed by atoms with Crippen LogP contribution < -0.4 is 15.4 Å². The van der Waals surface area contributed by atoms with Gasteiger partial charge in [0.25, 0.3) is 0 Å². The van der Waals surface area contributed by atoms with E-state index in [0.717, 1.165) is 16.9 Å². The number of aromatic nitrogens is 2. The molecule has 0 saturated carbocycles. The molecule has 3 aromatic rings. The van der Waals surface area contributed by atoms with Crippen molar-refractivity contribution in [2.24, 2.45) is 0 Å². The lowest BCUT2D eigenvalue weighted by Crippen LogP contribution is -2.11. The fraction of sp³-hybridized carbons (Fsp3) is 0.238. The van der Waals surface area contributed by atoms with Gasteiger partial charge in [-0.3, -0.25) is 0 Å². The maximum atomic E-state index is 6.19. The summed E-state index contributed by atoms with van der Waals surface area (Å²) in [6, 6.07) is 15.9. The first kappa shape index (κ1) is 19.0. The Balaban J connectivity index is 1.85.